The highest BCUT2D eigenvalue weighted by Crippen LogP contribution is 2.27. The fourth-order valence-corrected chi connectivity index (χ4v) is 14.7. The van der Waals surface area contributed by atoms with E-state index in [1.165, 1.54) is 55.1 Å². The fourth-order valence-electron chi connectivity index (χ4n) is 12.7. The predicted molar refractivity (Wildman–Crippen MR) is 422 cm³/mol. The van der Waals surface area contributed by atoms with Crippen molar-refractivity contribution in [1.29, 1.82) is 0 Å². The summed E-state index contributed by atoms with van der Waals surface area (Å²) in [5.74, 6) is -17.4. The third-order valence-corrected chi connectivity index (χ3v) is 22.2. The molecule has 3 aromatic rings. The van der Waals surface area contributed by atoms with Crippen LogP contribution >= 0.6 is 23.5 Å². The minimum atomic E-state index is -1.61. The van der Waals surface area contributed by atoms with Crippen LogP contribution < -0.4 is 54.0 Å². The molecule has 29 nitrogen and oxygen atoms in total. The number of aromatic nitrogens is 1. The van der Waals surface area contributed by atoms with Gasteiger partial charge in [0.15, 0.2) is 23.1 Å². The van der Waals surface area contributed by atoms with Crippen LogP contribution in [0, 0.1) is 41.4 Å². The largest absolute Gasteiger partial charge is 0.508 e. The number of amides is 9. The molecule has 0 saturated heterocycles. The molecule has 14 atom stereocenters. The Balaban J connectivity index is 1.77. The van der Waals surface area contributed by atoms with Crippen molar-refractivity contribution < 1.29 is 87.2 Å². The average molecular weight is 1590 g/mol. The maximum atomic E-state index is 15.2. The molecule has 111 heavy (non-hydrogen) atoms. The summed E-state index contributed by atoms with van der Waals surface area (Å²) in [7, 11) is 0. The normalized spacial score (nSPS) is 19.2. The third-order valence-electron chi connectivity index (χ3n) is 20.0. The molecule has 1 aliphatic rings. The number of carbonyl (C=O) groups is 15. The number of phenolic OH excluding ortho intramolecular Hbond substituents is 2. The number of primary amides is 1. The number of nitrogens with zero attached hydrogens (tertiary/aromatic N) is 1. The molecule has 2 aromatic carbocycles. The summed E-state index contributed by atoms with van der Waals surface area (Å²) in [6, 6.07) is 7.93. The lowest BCUT2D eigenvalue weighted by Gasteiger charge is -2.29. The number of carbonyl (C=O) groups excluding carboxylic acids is 14. The van der Waals surface area contributed by atoms with Gasteiger partial charge in [0, 0.05) is 79.3 Å². The number of nitrogens with one attached hydrogen (secondary N) is 8. The number of benzene rings is 2. The summed E-state index contributed by atoms with van der Waals surface area (Å²) >= 11 is 2.30. The van der Waals surface area contributed by atoms with Crippen LogP contribution in [0.3, 0.4) is 0 Å². The molecule has 31 heteroatoms. The van der Waals surface area contributed by atoms with Crippen molar-refractivity contribution >= 4 is 112 Å². The van der Waals surface area contributed by atoms with E-state index in [-0.39, 0.29) is 84.7 Å². The van der Waals surface area contributed by atoms with E-state index in [4.69, 9.17) is 16.5 Å². The lowest BCUT2D eigenvalue weighted by atomic mass is 9.82. The van der Waals surface area contributed by atoms with Gasteiger partial charge in [-0.15, -0.1) is 0 Å². The number of aliphatic carboxylic acids is 1. The van der Waals surface area contributed by atoms with Gasteiger partial charge in [0.25, 0.3) is 0 Å². The highest BCUT2D eigenvalue weighted by Gasteiger charge is 2.39. The number of rotatable bonds is 39. The molecule has 0 fully saturated rings. The number of carboxylic acids is 1. The first-order chi connectivity index (χ1) is 52.7. The van der Waals surface area contributed by atoms with Gasteiger partial charge in [-0.3, -0.25) is 72.1 Å². The molecule has 2 heterocycles. The van der Waals surface area contributed by atoms with E-state index >= 15 is 4.79 Å². The first-order valence-electron chi connectivity index (χ1n) is 38.6. The lowest BCUT2D eigenvalue weighted by molar-refractivity contribution is -0.142. The summed E-state index contributed by atoms with van der Waals surface area (Å²) < 4.78 is 0. The predicted octanol–water partition coefficient (Wildman–Crippen LogP) is 5.47. The Morgan fingerprint density at radius 3 is 1.76 bits per heavy atom. The maximum absolute atomic E-state index is 15.2. The number of hydrogen-bond donors (Lipinski definition) is 13. The van der Waals surface area contributed by atoms with Gasteiger partial charge in [-0.25, -0.2) is 0 Å². The average Bonchev–Trinajstić information content (AvgIpc) is 2.17. The molecule has 15 N–H and O–H groups in total. The Kier molecular flexibility index (Phi) is 41.9. The minimum Gasteiger partial charge on any atom is -0.508 e. The summed E-state index contributed by atoms with van der Waals surface area (Å²) in [4.78, 5) is 215. The highest BCUT2D eigenvalue weighted by atomic mass is 32.2. The van der Waals surface area contributed by atoms with Crippen molar-refractivity contribution in [2.75, 3.05) is 24.6 Å². The van der Waals surface area contributed by atoms with Crippen molar-refractivity contribution in [1.82, 2.24) is 47.5 Å². The van der Waals surface area contributed by atoms with Gasteiger partial charge >= 0.3 is 5.97 Å². The summed E-state index contributed by atoms with van der Waals surface area (Å²) in [5, 5.41) is 52.4. The van der Waals surface area contributed by atoms with Gasteiger partial charge in [-0.1, -0.05) is 124 Å². The third kappa shape index (κ3) is 33.4. The smallest absolute Gasteiger partial charge is 0.304 e. The first-order valence-corrected chi connectivity index (χ1v) is 40.9. The standard InChI is InChI=1S/C80H117N11O18S2/c1-10-18-61(73(82)102)85-77(106)60(46(6)12-3)40-68(98)71(47(7)13-4)90-76(105)53(35-50-23-27-57(93)28-24-50)38-67(97)64-44-110-42-55-21-17-22-56(84-55)43-111-45-65(89-80(109)72(48(8)14-5)91-78(107)62(19-11-2)86-74(103)52(34-49(9)92)20-15-16-33-81)79(108)87-63(36-51-25-29-58(94)30-26-51)66(96)31-32-69(99)83-41-59(95)37-54(39-70(100)101)75(104)88-64/h17,21-30,46-48,52-54,60-65,71-72,93-94H,10-16,18-20,31-45,81H2,1-9H3,(H2,82,102)(H,83,99)(H,85,106)(H,86,103)(H,87,108)(H,88,104)(H,89,109)(H,90,105)(H,91,107)(H,100,101)/t46-,47-,48-,52+,53+,54-,60-,61-,62-,63-,64-,65-,71-,72-/m0/s1. The zero-order chi connectivity index (χ0) is 82.4. The van der Waals surface area contributed by atoms with Crippen LogP contribution in [0.15, 0.2) is 66.7 Å². The number of fused-ring (bicyclic) bond motifs is 2. The second-order valence-electron chi connectivity index (χ2n) is 29.1. The number of pyridine rings is 1. The Bertz CT molecular complexity index is 3640. The molecule has 612 valence electrons. The van der Waals surface area contributed by atoms with E-state index in [2.05, 4.69) is 42.5 Å². The molecular weight excluding hydrogens is 1470 g/mol. The molecule has 0 saturated carbocycles. The number of hydrogen-bond acceptors (Lipinski definition) is 21. The molecule has 0 radical (unpaired) electrons. The van der Waals surface area contributed by atoms with E-state index in [1.807, 2.05) is 27.7 Å². The first kappa shape index (κ1) is 94.3. The van der Waals surface area contributed by atoms with Crippen LogP contribution in [0.4, 0.5) is 0 Å². The number of nitrogens with two attached hydrogens (primary N) is 2. The van der Waals surface area contributed by atoms with Crippen LogP contribution in [0.25, 0.3) is 0 Å². The van der Waals surface area contributed by atoms with Gasteiger partial charge in [0.05, 0.1) is 48.4 Å². The monoisotopic (exact) mass is 1580 g/mol. The number of aromatic hydroxyl groups is 2. The van der Waals surface area contributed by atoms with E-state index in [0.717, 1.165) is 11.8 Å². The lowest BCUT2D eigenvalue weighted by Crippen LogP contribution is -2.60. The Hall–Kier alpha value is -9.10. The molecule has 1 aromatic heterocycles. The molecule has 0 aliphatic carbocycles. The minimum absolute atomic E-state index is 0.0527. The molecule has 4 rings (SSSR count). The van der Waals surface area contributed by atoms with Crippen LogP contribution in [0.1, 0.15) is 194 Å². The highest BCUT2D eigenvalue weighted by molar-refractivity contribution is 7.98. The second-order valence-corrected chi connectivity index (χ2v) is 31.2. The van der Waals surface area contributed by atoms with Crippen LogP contribution in [-0.4, -0.2) is 175 Å². The maximum Gasteiger partial charge on any atom is 0.304 e. The van der Waals surface area contributed by atoms with Crippen molar-refractivity contribution in [2.45, 2.75) is 238 Å². The Morgan fingerprint density at radius 2 is 1.18 bits per heavy atom. The van der Waals surface area contributed by atoms with Crippen molar-refractivity contribution in [3.8, 4) is 11.5 Å². The van der Waals surface area contributed by atoms with Gasteiger partial charge < -0.3 is 74.1 Å². The number of phenols is 2. The fraction of sp³-hybridized carbons (Fsp3) is 0.600. The Morgan fingerprint density at radius 1 is 0.613 bits per heavy atom. The molecule has 0 spiro atoms. The van der Waals surface area contributed by atoms with E-state index in [9.17, 15) is 82.4 Å². The van der Waals surface area contributed by atoms with Crippen LogP contribution in [0.2, 0.25) is 0 Å². The Labute approximate surface area is 659 Å². The summed E-state index contributed by atoms with van der Waals surface area (Å²) in [5.41, 5.74) is 13.3. The SMILES string of the molecule is CCC[C@H](NC(=O)[C@@H](CC(=O)[C@@H](NC(=O)[C@@H](CC(=O)[C@@H]1CSCc2cccc(n2)CSC[C@H](NC(=O)[C@@H](NC(=O)[C@H](CCC)NC(=O)[C@H](CCCCN)CC(C)=O)[C@@H](C)CC)C(=O)N[C@@H](Cc2ccc(O)cc2)C(=O)CCC(=O)NCC(=O)C[C@@H](CC(=O)O)C(=O)N1)Cc1ccc(O)cc1)[C@@H](C)CC)[C@@H](C)CC)C(N)=O. The number of Topliss-reactive ketones (excluding diaryl/α,β-unsaturated/α-hetero) is 5. The van der Waals surface area contributed by atoms with Crippen LogP contribution in [-0.2, 0) is 96.3 Å². The number of ketones is 5. The van der Waals surface area contributed by atoms with E-state index < -0.39 is 199 Å². The van der Waals surface area contributed by atoms with Gasteiger partial charge in [-0.05, 0) is 117 Å². The second kappa shape index (κ2) is 49.3. The zero-order valence-electron chi connectivity index (χ0n) is 65.5. The van der Waals surface area contributed by atoms with Crippen molar-refractivity contribution in [3.05, 3.63) is 89.2 Å². The molecule has 1 aliphatic heterocycles. The van der Waals surface area contributed by atoms with Gasteiger partial charge in [-0.2, -0.15) is 23.5 Å². The number of unbranched alkanes of at least 4 members (excludes halogenated alkanes) is 1. The summed E-state index contributed by atoms with van der Waals surface area (Å²) in [6.07, 6.45) is 0.231. The number of thioether (sulfide) groups is 2. The zero-order valence-corrected chi connectivity index (χ0v) is 67.1. The molecule has 0 unspecified atom stereocenters. The van der Waals surface area contributed by atoms with Crippen LogP contribution in [0.5, 0.6) is 11.5 Å². The van der Waals surface area contributed by atoms with E-state index in [0.29, 0.717) is 80.4 Å². The van der Waals surface area contributed by atoms with E-state index in [1.54, 1.807) is 58.0 Å². The van der Waals surface area contributed by atoms with Crippen molar-refractivity contribution in [3.63, 3.8) is 0 Å². The van der Waals surface area contributed by atoms with Crippen molar-refractivity contribution in [2.24, 2.45) is 52.9 Å². The molecule has 2 bridgehead atoms. The molecular formula is C80H117N11O18S2. The molecule has 9 amide bonds. The summed E-state index contributed by atoms with van der Waals surface area (Å²) in [6.45, 7) is 15.4. The van der Waals surface area contributed by atoms with Gasteiger partial charge in [0.1, 0.15) is 41.4 Å². The number of carboxylic acid groups (broad SMARTS) is 1. The topological polar surface area (TPSA) is 478 Å². The van der Waals surface area contributed by atoms with Gasteiger partial charge in [0.2, 0.25) is 53.2 Å². The quantitative estimate of drug-likeness (QED) is 0.0315.